The number of thioether (sulfide) groups is 1. The van der Waals surface area contributed by atoms with E-state index in [0.29, 0.717) is 10.6 Å². The van der Waals surface area contributed by atoms with Gasteiger partial charge in [0.05, 0.1) is 10.6 Å². The molecule has 0 aliphatic heterocycles. The van der Waals surface area contributed by atoms with Gasteiger partial charge in [-0.25, -0.2) is 8.42 Å². The Kier molecular flexibility index (Phi) is 5.83. The van der Waals surface area contributed by atoms with Crippen LogP contribution < -0.4 is 5.32 Å². The highest BCUT2D eigenvalue weighted by atomic mass is 35.5. The van der Waals surface area contributed by atoms with Crippen molar-refractivity contribution in [2.45, 2.75) is 9.79 Å². The molecule has 0 atom stereocenters. The van der Waals surface area contributed by atoms with Gasteiger partial charge in [-0.1, -0.05) is 22.8 Å². The lowest BCUT2D eigenvalue weighted by molar-refractivity contribution is -0.113. The molecule has 0 saturated carbocycles. The molecule has 7 nitrogen and oxygen atoms in total. The van der Waals surface area contributed by atoms with Gasteiger partial charge in [-0.15, -0.1) is 16.9 Å². The van der Waals surface area contributed by atoms with Crippen molar-refractivity contribution < 1.29 is 17.6 Å². The number of aromatic nitrogens is 2. The van der Waals surface area contributed by atoms with Crippen molar-refractivity contribution in [2.24, 2.45) is 0 Å². The summed E-state index contributed by atoms with van der Waals surface area (Å²) < 4.78 is 28.7. The molecule has 0 spiro atoms. The van der Waals surface area contributed by atoms with Gasteiger partial charge in [0.2, 0.25) is 11.8 Å². The molecule has 2 aromatic carbocycles. The van der Waals surface area contributed by atoms with Crippen LogP contribution >= 0.6 is 23.4 Å². The van der Waals surface area contributed by atoms with E-state index in [9.17, 15) is 13.2 Å². The average molecular weight is 424 g/mol. The average Bonchev–Trinajstić information content (AvgIpc) is 3.09. The molecular formula is C17H14ClN3O4S2. The van der Waals surface area contributed by atoms with Gasteiger partial charge in [-0.3, -0.25) is 10.1 Å². The van der Waals surface area contributed by atoms with E-state index < -0.39 is 9.84 Å². The Balaban J connectivity index is 1.64. The maximum absolute atomic E-state index is 12.0. The van der Waals surface area contributed by atoms with Crippen LogP contribution in [0.1, 0.15) is 0 Å². The van der Waals surface area contributed by atoms with Crippen LogP contribution in [0.2, 0.25) is 5.02 Å². The van der Waals surface area contributed by atoms with Crippen LogP contribution in [-0.4, -0.2) is 36.5 Å². The fourth-order valence-corrected chi connectivity index (χ4v) is 3.58. The Hall–Kier alpha value is -2.36. The third-order valence-corrected chi connectivity index (χ3v) is 5.74. The lowest BCUT2D eigenvalue weighted by Gasteiger charge is -2.02. The molecule has 3 aromatic rings. The number of rotatable bonds is 6. The van der Waals surface area contributed by atoms with Crippen LogP contribution in [0.3, 0.4) is 0 Å². The molecular weight excluding hydrogens is 410 g/mol. The predicted molar refractivity (Wildman–Crippen MR) is 104 cm³/mol. The second-order valence-electron chi connectivity index (χ2n) is 5.50. The number of nitrogens with zero attached hydrogens (tertiary/aromatic N) is 2. The van der Waals surface area contributed by atoms with Gasteiger partial charge in [-0.05, 0) is 42.5 Å². The second kappa shape index (κ2) is 8.12. The quantitative estimate of drug-likeness (QED) is 0.605. The first-order valence-electron chi connectivity index (χ1n) is 7.63. The van der Waals surface area contributed by atoms with Crippen LogP contribution in [0.15, 0.2) is 62.7 Å². The van der Waals surface area contributed by atoms with Crippen molar-refractivity contribution in [3.63, 3.8) is 0 Å². The molecule has 10 heteroatoms. The van der Waals surface area contributed by atoms with Gasteiger partial charge in [0.15, 0.2) is 9.84 Å². The zero-order valence-electron chi connectivity index (χ0n) is 14.0. The number of carbonyl (C=O) groups is 1. The van der Waals surface area contributed by atoms with Crippen molar-refractivity contribution in [3.8, 4) is 11.5 Å². The SMILES string of the molecule is CS(=O)(=O)c1cccc(-c2nnc(NC(=O)CSc3ccc(Cl)cc3)o2)c1. The predicted octanol–water partition coefficient (Wildman–Crippen LogP) is 3.52. The molecule has 0 aliphatic rings. The van der Waals surface area contributed by atoms with Crippen LogP contribution in [0, 0.1) is 0 Å². The highest BCUT2D eigenvalue weighted by Crippen LogP contribution is 2.24. The molecule has 27 heavy (non-hydrogen) atoms. The fraction of sp³-hybridized carbons (Fsp3) is 0.118. The Morgan fingerprint density at radius 3 is 2.63 bits per heavy atom. The molecule has 1 N–H and O–H groups in total. The normalized spacial score (nSPS) is 11.3. The number of hydrogen-bond donors (Lipinski definition) is 1. The topological polar surface area (TPSA) is 102 Å². The zero-order chi connectivity index (χ0) is 19.4. The Morgan fingerprint density at radius 2 is 1.93 bits per heavy atom. The molecule has 3 rings (SSSR count). The number of amides is 1. The van der Waals surface area contributed by atoms with Crippen LogP contribution in [0.5, 0.6) is 0 Å². The maximum atomic E-state index is 12.0. The molecule has 0 aliphatic carbocycles. The van der Waals surface area contributed by atoms with Gasteiger partial charge < -0.3 is 4.42 Å². The summed E-state index contributed by atoms with van der Waals surface area (Å²) in [6.45, 7) is 0. The summed E-state index contributed by atoms with van der Waals surface area (Å²) in [7, 11) is -3.35. The first-order valence-corrected chi connectivity index (χ1v) is 10.9. The molecule has 1 amide bonds. The summed E-state index contributed by atoms with van der Waals surface area (Å²) in [5.74, 6) is -0.0423. The number of halogens is 1. The van der Waals surface area contributed by atoms with Crippen LogP contribution in [0.4, 0.5) is 6.01 Å². The molecule has 1 heterocycles. The number of sulfone groups is 1. The van der Waals surface area contributed by atoms with E-state index in [4.69, 9.17) is 16.0 Å². The van der Waals surface area contributed by atoms with Crippen LogP contribution in [0.25, 0.3) is 11.5 Å². The molecule has 140 valence electrons. The lowest BCUT2D eigenvalue weighted by atomic mass is 10.2. The van der Waals surface area contributed by atoms with Crippen LogP contribution in [-0.2, 0) is 14.6 Å². The minimum atomic E-state index is -3.35. The number of benzene rings is 2. The lowest BCUT2D eigenvalue weighted by Crippen LogP contribution is -2.14. The van der Waals surface area contributed by atoms with Gasteiger partial charge in [0, 0.05) is 21.7 Å². The molecule has 0 radical (unpaired) electrons. The summed E-state index contributed by atoms with van der Waals surface area (Å²) in [5.41, 5.74) is 0.446. The monoisotopic (exact) mass is 423 g/mol. The van der Waals surface area contributed by atoms with Gasteiger partial charge >= 0.3 is 6.01 Å². The number of carbonyl (C=O) groups excluding carboxylic acids is 1. The molecule has 0 bridgehead atoms. The first kappa shape index (κ1) is 19.4. The van der Waals surface area contributed by atoms with E-state index in [0.717, 1.165) is 11.2 Å². The summed E-state index contributed by atoms with van der Waals surface area (Å²) in [6.07, 6.45) is 1.12. The van der Waals surface area contributed by atoms with E-state index in [1.807, 2.05) is 12.1 Å². The first-order chi connectivity index (χ1) is 12.8. The van der Waals surface area contributed by atoms with Crippen molar-refractivity contribution in [3.05, 3.63) is 53.6 Å². The Labute approximate surface area is 165 Å². The minimum absolute atomic E-state index is 0.0588. The maximum Gasteiger partial charge on any atom is 0.322 e. The standard InChI is InChI=1S/C17H14ClN3O4S2/c1-27(23,24)14-4-2-3-11(9-14)16-20-21-17(25-16)19-15(22)10-26-13-7-5-12(18)6-8-13/h2-9H,10H2,1H3,(H,19,21,22). The van der Waals surface area contributed by atoms with E-state index in [1.54, 1.807) is 24.3 Å². The number of hydrogen-bond acceptors (Lipinski definition) is 7. The van der Waals surface area contributed by atoms with E-state index in [-0.39, 0.29) is 28.5 Å². The summed E-state index contributed by atoms with van der Waals surface area (Å²) in [5, 5.41) is 10.8. The third-order valence-electron chi connectivity index (χ3n) is 3.36. The van der Waals surface area contributed by atoms with Gasteiger partial charge in [-0.2, -0.15) is 0 Å². The van der Waals surface area contributed by atoms with Gasteiger partial charge in [0.25, 0.3) is 0 Å². The summed E-state index contributed by atoms with van der Waals surface area (Å²) >= 11 is 7.16. The molecule has 0 saturated heterocycles. The van der Waals surface area contributed by atoms with Crippen molar-refractivity contribution >= 4 is 45.1 Å². The van der Waals surface area contributed by atoms with E-state index in [2.05, 4.69) is 15.5 Å². The van der Waals surface area contributed by atoms with E-state index >= 15 is 0 Å². The smallest absolute Gasteiger partial charge is 0.322 e. The van der Waals surface area contributed by atoms with E-state index in [1.165, 1.54) is 23.9 Å². The molecule has 1 aromatic heterocycles. The van der Waals surface area contributed by atoms with Crippen molar-refractivity contribution in [1.29, 1.82) is 0 Å². The summed E-state index contributed by atoms with van der Waals surface area (Å²) in [4.78, 5) is 13.1. The van der Waals surface area contributed by atoms with Crippen molar-refractivity contribution in [2.75, 3.05) is 17.3 Å². The summed E-state index contributed by atoms with van der Waals surface area (Å²) in [6, 6.07) is 13.2. The fourth-order valence-electron chi connectivity index (χ4n) is 2.09. The highest BCUT2D eigenvalue weighted by Gasteiger charge is 2.14. The molecule has 0 fully saturated rings. The Morgan fingerprint density at radius 1 is 1.19 bits per heavy atom. The number of anilines is 1. The molecule has 0 unspecified atom stereocenters. The second-order valence-corrected chi connectivity index (χ2v) is 9.00. The number of nitrogens with one attached hydrogen (secondary N) is 1. The third kappa shape index (κ3) is 5.31. The van der Waals surface area contributed by atoms with Gasteiger partial charge in [0.1, 0.15) is 0 Å². The highest BCUT2D eigenvalue weighted by molar-refractivity contribution is 8.00. The van der Waals surface area contributed by atoms with Crippen molar-refractivity contribution in [1.82, 2.24) is 10.2 Å². The zero-order valence-corrected chi connectivity index (χ0v) is 16.4. The Bertz CT molecular complexity index is 1070. The minimum Gasteiger partial charge on any atom is -0.403 e. The largest absolute Gasteiger partial charge is 0.403 e.